The van der Waals surface area contributed by atoms with Crippen LogP contribution < -0.4 is 9.64 Å². The zero-order valence-corrected chi connectivity index (χ0v) is 16.6. The summed E-state index contributed by atoms with van der Waals surface area (Å²) in [6, 6.07) is 7.14. The number of anilines is 1. The minimum absolute atomic E-state index is 0.0929. The fourth-order valence-electron chi connectivity index (χ4n) is 3.59. The van der Waals surface area contributed by atoms with E-state index in [2.05, 4.69) is 0 Å². The molecule has 3 amide bonds. The summed E-state index contributed by atoms with van der Waals surface area (Å²) in [5.74, 6) is -1.47. The first-order valence-electron chi connectivity index (χ1n) is 9.63. The van der Waals surface area contributed by atoms with Crippen molar-refractivity contribution in [3.8, 4) is 5.75 Å². The minimum atomic E-state index is -0.871. The molecule has 0 spiro atoms. The summed E-state index contributed by atoms with van der Waals surface area (Å²) in [7, 11) is 1.57. The minimum Gasteiger partial charge on any atom is -0.497 e. The topological polar surface area (TPSA) is 96.5 Å². The summed E-state index contributed by atoms with van der Waals surface area (Å²) in [6.07, 6.45) is 0.160. The molecule has 29 heavy (non-hydrogen) atoms. The molecule has 2 fully saturated rings. The largest absolute Gasteiger partial charge is 0.497 e. The Bertz CT molecular complexity index is 786. The van der Waals surface area contributed by atoms with Gasteiger partial charge in [-0.2, -0.15) is 0 Å². The number of piperazine rings is 1. The van der Waals surface area contributed by atoms with E-state index >= 15 is 0 Å². The number of amides is 3. The van der Waals surface area contributed by atoms with Crippen LogP contribution in [0.25, 0.3) is 0 Å². The van der Waals surface area contributed by atoms with E-state index in [1.54, 1.807) is 48.1 Å². The van der Waals surface area contributed by atoms with E-state index in [0.717, 1.165) is 5.69 Å². The third-order valence-corrected chi connectivity index (χ3v) is 5.19. The van der Waals surface area contributed by atoms with E-state index in [4.69, 9.17) is 9.47 Å². The van der Waals surface area contributed by atoms with Gasteiger partial charge >= 0.3 is 11.9 Å². The first-order valence-corrected chi connectivity index (χ1v) is 9.63. The van der Waals surface area contributed by atoms with E-state index < -0.39 is 17.8 Å². The van der Waals surface area contributed by atoms with Gasteiger partial charge in [-0.05, 0) is 31.2 Å². The van der Waals surface area contributed by atoms with Gasteiger partial charge in [0.1, 0.15) is 5.75 Å². The number of nitrogens with zero attached hydrogens (tertiary/aromatic N) is 3. The molecule has 1 atom stereocenters. The highest BCUT2D eigenvalue weighted by atomic mass is 16.5. The lowest BCUT2D eigenvalue weighted by Crippen LogP contribution is -2.53. The lowest BCUT2D eigenvalue weighted by molar-refractivity contribution is -0.161. The second-order valence-corrected chi connectivity index (χ2v) is 6.94. The van der Waals surface area contributed by atoms with Crippen molar-refractivity contribution in [2.75, 3.05) is 51.3 Å². The molecule has 3 rings (SSSR count). The number of hydrogen-bond donors (Lipinski definition) is 0. The summed E-state index contributed by atoms with van der Waals surface area (Å²) in [4.78, 5) is 53.5. The van der Waals surface area contributed by atoms with Crippen LogP contribution in [0.5, 0.6) is 5.75 Å². The number of ether oxygens (including phenoxy) is 2. The van der Waals surface area contributed by atoms with Gasteiger partial charge in [-0.1, -0.05) is 0 Å². The van der Waals surface area contributed by atoms with Gasteiger partial charge in [-0.25, -0.2) is 4.79 Å². The monoisotopic (exact) mass is 403 g/mol. The number of methoxy groups -OCH3 is 1. The Labute approximate surface area is 169 Å². The van der Waals surface area contributed by atoms with Crippen molar-refractivity contribution in [2.45, 2.75) is 13.3 Å². The zero-order chi connectivity index (χ0) is 21.0. The lowest BCUT2D eigenvalue weighted by atomic mass is 10.1. The first kappa shape index (κ1) is 20.6. The molecule has 9 heteroatoms. The van der Waals surface area contributed by atoms with E-state index in [-0.39, 0.29) is 37.9 Å². The Morgan fingerprint density at radius 2 is 1.66 bits per heavy atom. The van der Waals surface area contributed by atoms with Gasteiger partial charge in [0.25, 0.3) is 0 Å². The van der Waals surface area contributed by atoms with E-state index in [1.807, 2.05) is 0 Å². The highest BCUT2D eigenvalue weighted by Crippen LogP contribution is 2.28. The van der Waals surface area contributed by atoms with Crippen LogP contribution in [0.3, 0.4) is 0 Å². The van der Waals surface area contributed by atoms with Crippen LogP contribution in [0.4, 0.5) is 5.69 Å². The van der Waals surface area contributed by atoms with Crippen molar-refractivity contribution in [2.24, 2.45) is 5.92 Å². The van der Waals surface area contributed by atoms with Crippen molar-refractivity contribution >= 4 is 29.4 Å². The Balaban J connectivity index is 1.55. The Morgan fingerprint density at radius 1 is 1.03 bits per heavy atom. The maximum atomic E-state index is 12.9. The highest BCUT2D eigenvalue weighted by molar-refractivity contribution is 6.32. The van der Waals surface area contributed by atoms with Crippen molar-refractivity contribution in [3.05, 3.63) is 24.3 Å². The molecular weight excluding hydrogens is 378 g/mol. The average Bonchev–Trinajstić information content (AvgIpc) is 3.14. The van der Waals surface area contributed by atoms with Crippen LogP contribution in [0.15, 0.2) is 24.3 Å². The SMILES string of the molecule is CCOC(=O)C(=O)N1CCN(C(=O)[C@H]2CC(=O)N(c3ccc(OC)cc3)C2)CC1. The Hall–Kier alpha value is -3.10. The maximum absolute atomic E-state index is 12.9. The lowest BCUT2D eigenvalue weighted by Gasteiger charge is -2.35. The van der Waals surface area contributed by atoms with Gasteiger partial charge in [0.2, 0.25) is 11.8 Å². The molecule has 2 saturated heterocycles. The number of carbonyl (C=O) groups is 4. The van der Waals surface area contributed by atoms with Crippen molar-refractivity contribution in [1.82, 2.24) is 9.80 Å². The molecule has 2 aliphatic rings. The van der Waals surface area contributed by atoms with E-state index in [9.17, 15) is 19.2 Å². The fourth-order valence-corrected chi connectivity index (χ4v) is 3.59. The van der Waals surface area contributed by atoms with Gasteiger partial charge in [-0.15, -0.1) is 0 Å². The summed E-state index contributed by atoms with van der Waals surface area (Å²) in [5, 5.41) is 0. The number of carbonyl (C=O) groups excluding carboxylic acids is 4. The first-order chi connectivity index (χ1) is 13.9. The number of hydrogen-bond acceptors (Lipinski definition) is 6. The molecule has 0 bridgehead atoms. The Kier molecular flexibility index (Phi) is 6.36. The molecule has 2 aliphatic heterocycles. The van der Waals surface area contributed by atoms with Crippen LogP contribution in [-0.2, 0) is 23.9 Å². The number of esters is 1. The van der Waals surface area contributed by atoms with Crippen molar-refractivity contribution < 1.29 is 28.7 Å². The maximum Gasteiger partial charge on any atom is 0.397 e. The van der Waals surface area contributed by atoms with E-state index in [1.165, 1.54) is 4.90 Å². The van der Waals surface area contributed by atoms with Crippen LogP contribution in [0.1, 0.15) is 13.3 Å². The quantitative estimate of drug-likeness (QED) is 0.529. The zero-order valence-electron chi connectivity index (χ0n) is 16.6. The molecular formula is C20H25N3O6. The number of rotatable bonds is 4. The predicted octanol–water partition coefficient (Wildman–Crippen LogP) is 0.282. The molecule has 0 unspecified atom stereocenters. The van der Waals surface area contributed by atoms with Crippen molar-refractivity contribution in [3.63, 3.8) is 0 Å². The third kappa shape index (κ3) is 4.49. The molecule has 1 aromatic carbocycles. The van der Waals surface area contributed by atoms with Gasteiger partial charge in [-0.3, -0.25) is 14.4 Å². The van der Waals surface area contributed by atoms with Crippen LogP contribution in [0, 0.1) is 5.92 Å². The standard InChI is InChI=1S/C20H25N3O6/c1-3-29-20(27)19(26)22-10-8-21(9-11-22)18(25)14-12-17(24)23(13-14)15-4-6-16(28-2)7-5-15/h4-7,14H,3,8-13H2,1-2H3/t14-/m0/s1. The number of benzene rings is 1. The summed E-state index contributed by atoms with van der Waals surface area (Å²) < 4.78 is 9.86. The molecule has 1 aromatic rings. The van der Waals surface area contributed by atoms with Crippen molar-refractivity contribution in [1.29, 1.82) is 0 Å². The molecule has 156 valence electrons. The smallest absolute Gasteiger partial charge is 0.397 e. The average molecular weight is 403 g/mol. The Morgan fingerprint density at radius 3 is 2.24 bits per heavy atom. The highest BCUT2D eigenvalue weighted by Gasteiger charge is 2.38. The van der Waals surface area contributed by atoms with Crippen LogP contribution >= 0.6 is 0 Å². The van der Waals surface area contributed by atoms with Gasteiger partial charge in [0.05, 0.1) is 19.6 Å². The normalized spacial score (nSPS) is 19.3. The summed E-state index contributed by atoms with van der Waals surface area (Å²) >= 11 is 0. The third-order valence-electron chi connectivity index (χ3n) is 5.19. The van der Waals surface area contributed by atoms with Gasteiger partial charge in [0.15, 0.2) is 0 Å². The fraction of sp³-hybridized carbons (Fsp3) is 0.500. The summed E-state index contributed by atoms with van der Waals surface area (Å²) in [6.45, 7) is 3.31. The molecule has 0 aliphatic carbocycles. The predicted molar refractivity (Wildman–Crippen MR) is 103 cm³/mol. The van der Waals surface area contributed by atoms with Gasteiger partial charge in [0, 0.05) is 44.8 Å². The molecule has 0 aromatic heterocycles. The van der Waals surface area contributed by atoms with Gasteiger partial charge < -0.3 is 24.2 Å². The molecule has 0 N–H and O–H groups in total. The molecule has 2 heterocycles. The van der Waals surface area contributed by atoms with Crippen LogP contribution in [-0.4, -0.2) is 79.9 Å². The molecule has 9 nitrogen and oxygen atoms in total. The molecule has 0 radical (unpaired) electrons. The molecule has 0 saturated carbocycles. The second-order valence-electron chi connectivity index (χ2n) is 6.94. The van der Waals surface area contributed by atoms with E-state index in [0.29, 0.717) is 25.4 Å². The second kappa shape index (κ2) is 8.93. The summed E-state index contributed by atoms with van der Waals surface area (Å²) in [5.41, 5.74) is 0.732. The van der Waals surface area contributed by atoms with Crippen LogP contribution in [0.2, 0.25) is 0 Å².